The number of benzene rings is 1. The maximum Gasteiger partial charge on any atom is 0.238 e. The molecule has 6 heteroatoms. The fourth-order valence-corrected chi connectivity index (χ4v) is 4.08. The largest absolute Gasteiger partial charge is 0.334 e. The molecule has 1 amide bonds. The van der Waals surface area contributed by atoms with Crippen LogP contribution in [0.3, 0.4) is 0 Å². The molecule has 4 rings (SSSR count). The summed E-state index contributed by atoms with van der Waals surface area (Å²) < 4.78 is 13.0. The zero-order valence-electron chi connectivity index (χ0n) is 12.0. The van der Waals surface area contributed by atoms with E-state index in [-0.39, 0.29) is 23.9 Å². The lowest BCUT2D eigenvalue weighted by Gasteiger charge is -2.30. The standard InChI is InChI=1S/C16H16FN3OS/c17-11-6-4-10(5-7-11)16-18-12(9-22-16)14-19-15(21)13-3-1-2-8-20(13)14/h4-7,9,13-14H,1-3,8H2,(H,19,21). The number of carbonyl (C=O) groups excluding carboxylic acids is 1. The molecule has 1 aromatic carbocycles. The number of hydrogen-bond donors (Lipinski definition) is 1. The molecule has 1 aromatic heterocycles. The van der Waals surface area contributed by atoms with Gasteiger partial charge in [0.25, 0.3) is 0 Å². The van der Waals surface area contributed by atoms with E-state index in [0.717, 1.165) is 42.1 Å². The summed E-state index contributed by atoms with van der Waals surface area (Å²) >= 11 is 1.52. The van der Waals surface area contributed by atoms with Crippen molar-refractivity contribution in [3.05, 3.63) is 41.2 Å². The zero-order chi connectivity index (χ0) is 15.1. The number of rotatable bonds is 2. The minimum atomic E-state index is -0.250. The molecule has 0 radical (unpaired) electrons. The minimum Gasteiger partial charge on any atom is -0.334 e. The number of carbonyl (C=O) groups is 1. The molecule has 0 saturated carbocycles. The predicted octanol–water partition coefficient (Wildman–Crippen LogP) is 2.93. The molecule has 2 aliphatic heterocycles. The molecule has 2 saturated heterocycles. The fourth-order valence-electron chi connectivity index (χ4n) is 3.24. The Morgan fingerprint density at radius 3 is 2.91 bits per heavy atom. The number of amides is 1. The second-order valence-corrected chi connectivity index (χ2v) is 6.60. The normalized spacial score (nSPS) is 25.0. The van der Waals surface area contributed by atoms with Gasteiger partial charge >= 0.3 is 0 Å². The van der Waals surface area contributed by atoms with Crippen molar-refractivity contribution in [1.29, 1.82) is 0 Å². The van der Waals surface area contributed by atoms with Gasteiger partial charge in [0.05, 0.1) is 11.7 Å². The van der Waals surface area contributed by atoms with Gasteiger partial charge in [0, 0.05) is 17.5 Å². The molecular formula is C16H16FN3OS. The third-order valence-electron chi connectivity index (χ3n) is 4.35. The van der Waals surface area contributed by atoms with Gasteiger partial charge in [-0.2, -0.15) is 0 Å². The van der Waals surface area contributed by atoms with Gasteiger partial charge < -0.3 is 5.32 Å². The molecular weight excluding hydrogens is 301 g/mol. The Labute approximate surface area is 132 Å². The molecule has 0 aliphatic carbocycles. The first-order chi connectivity index (χ1) is 10.7. The number of thiazole rings is 1. The number of fused-ring (bicyclic) bond motifs is 1. The fraction of sp³-hybridized carbons (Fsp3) is 0.375. The van der Waals surface area contributed by atoms with Crippen LogP contribution in [-0.4, -0.2) is 28.4 Å². The lowest BCUT2D eigenvalue weighted by molar-refractivity contribution is -0.122. The molecule has 2 aliphatic rings. The second kappa shape index (κ2) is 5.44. The van der Waals surface area contributed by atoms with E-state index >= 15 is 0 Å². The van der Waals surface area contributed by atoms with Crippen molar-refractivity contribution >= 4 is 17.2 Å². The van der Waals surface area contributed by atoms with Crippen LogP contribution >= 0.6 is 11.3 Å². The van der Waals surface area contributed by atoms with Crippen molar-refractivity contribution in [3.63, 3.8) is 0 Å². The quantitative estimate of drug-likeness (QED) is 0.926. The number of aromatic nitrogens is 1. The summed E-state index contributed by atoms with van der Waals surface area (Å²) in [6, 6.07) is 6.33. The van der Waals surface area contributed by atoms with Crippen LogP contribution in [0.25, 0.3) is 10.6 Å². The Bertz CT molecular complexity index is 700. The summed E-state index contributed by atoms with van der Waals surface area (Å²) in [6.07, 6.45) is 3.04. The topological polar surface area (TPSA) is 45.2 Å². The number of halogens is 1. The first-order valence-corrected chi connectivity index (χ1v) is 8.38. The summed E-state index contributed by atoms with van der Waals surface area (Å²) in [6.45, 7) is 0.928. The SMILES string of the molecule is O=C1NC(c2csc(-c3ccc(F)cc3)n2)N2CCCCC12. The third kappa shape index (κ3) is 2.32. The molecule has 2 unspecified atom stereocenters. The van der Waals surface area contributed by atoms with Crippen molar-refractivity contribution in [2.75, 3.05) is 6.54 Å². The summed E-state index contributed by atoms with van der Waals surface area (Å²) in [5.74, 6) is -0.138. The average Bonchev–Trinajstić information content (AvgIpc) is 3.14. The molecule has 0 bridgehead atoms. The van der Waals surface area contributed by atoms with Gasteiger partial charge in [-0.05, 0) is 37.1 Å². The van der Waals surface area contributed by atoms with E-state index in [1.807, 2.05) is 5.38 Å². The van der Waals surface area contributed by atoms with Crippen LogP contribution in [0.4, 0.5) is 4.39 Å². The Kier molecular flexibility index (Phi) is 3.43. The smallest absolute Gasteiger partial charge is 0.238 e. The molecule has 22 heavy (non-hydrogen) atoms. The van der Waals surface area contributed by atoms with E-state index < -0.39 is 0 Å². The average molecular weight is 317 g/mol. The zero-order valence-corrected chi connectivity index (χ0v) is 12.8. The van der Waals surface area contributed by atoms with Crippen LogP contribution in [0, 0.1) is 5.82 Å². The van der Waals surface area contributed by atoms with Crippen LogP contribution in [0.1, 0.15) is 31.1 Å². The molecule has 2 atom stereocenters. The van der Waals surface area contributed by atoms with Crippen molar-refractivity contribution in [2.24, 2.45) is 0 Å². The van der Waals surface area contributed by atoms with Crippen molar-refractivity contribution in [2.45, 2.75) is 31.5 Å². The lowest BCUT2D eigenvalue weighted by Crippen LogP contribution is -2.38. The Morgan fingerprint density at radius 2 is 2.09 bits per heavy atom. The molecule has 2 fully saturated rings. The lowest BCUT2D eigenvalue weighted by atomic mass is 10.0. The van der Waals surface area contributed by atoms with Crippen LogP contribution < -0.4 is 5.32 Å². The minimum absolute atomic E-state index is 0.00489. The highest BCUT2D eigenvalue weighted by atomic mass is 32.1. The van der Waals surface area contributed by atoms with Gasteiger partial charge in [-0.15, -0.1) is 11.3 Å². The van der Waals surface area contributed by atoms with Crippen LogP contribution in [0.15, 0.2) is 29.6 Å². The highest BCUT2D eigenvalue weighted by molar-refractivity contribution is 7.13. The first-order valence-electron chi connectivity index (χ1n) is 7.50. The first kappa shape index (κ1) is 13.8. The van der Waals surface area contributed by atoms with E-state index in [0.29, 0.717) is 0 Å². The van der Waals surface area contributed by atoms with E-state index in [1.54, 1.807) is 12.1 Å². The Hall–Kier alpha value is -1.79. The maximum atomic E-state index is 13.0. The van der Waals surface area contributed by atoms with Gasteiger partial charge in [-0.25, -0.2) is 9.37 Å². The van der Waals surface area contributed by atoms with Gasteiger partial charge in [0.2, 0.25) is 5.91 Å². The monoisotopic (exact) mass is 317 g/mol. The van der Waals surface area contributed by atoms with Crippen molar-refractivity contribution < 1.29 is 9.18 Å². The number of piperidine rings is 1. The van der Waals surface area contributed by atoms with Gasteiger partial charge in [0.15, 0.2) is 0 Å². The number of hydrogen-bond acceptors (Lipinski definition) is 4. The Balaban J connectivity index is 1.61. The van der Waals surface area contributed by atoms with Gasteiger partial charge in [-0.3, -0.25) is 9.69 Å². The van der Waals surface area contributed by atoms with E-state index in [9.17, 15) is 9.18 Å². The van der Waals surface area contributed by atoms with Gasteiger partial charge in [-0.1, -0.05) is 6.42 Å². The van der Waals surface area contributed by atoms with Crippen LogP contribution in [0.5, 0.6) is 0 Å². The number of nitrogens with one attached hydrogen (secondary N) is 1. The van der Waals surface area contributed by atoms with Crippen molar-refractivity contribution in [3.8, 4) is 10.6 Å². The molecule has 1 N–H and O–H groups in total. The van der Waals surface area contributed by atoms with E-state index in [2.05, 4.69) is 15.2 Å². The molecule has 2 aromatic rings. The highest BCUT2D eigenvalue weighted by Crippen LogP contribution is 2.34. The second-order valence-electron chi connectivity index (χ2n) is 5.74. The predicted molar refractivity (Wildman–Crippen MR) is 82.7 cm³/mol. The molecule has 4 nitrogen and oxygen atoms in total. The Morgan fingerprint density at radius 1 is 1.27 bits per heavy atom. The third-order valence-corrected chi connectivity index (χ3v) is 5.26. The summed E-state index contributed by atoms with van der Waals surface area (Å²) in [7, 11) is 0. The van der Waals surface area contributed by atoms with Crippen LogP contribution in [0.2, 0.25) is 0 Å². The van der Waals surface area contributed by atoms with Crippen molar-refractivity contribution in [1.82, 2.24) is 15.2 Å². The molecule has 3 heterocycles. The summed E-state index contributed by atoms with van der Waals surface area (Å²) in [4.78, 5) is 19.0. The van der Waals surface area contributed by atoms with Crippen LogP contribution in [-0.2, 0) is 4.79 Å². The highest BCUT2D eigenvalue weighted by Gasteiger charge is 2.42. The molecule has 0 spiro atoms. The summed E-state index contributed by atoms with van der Waals surface area (Å²) in [5.41, 5.74) is 1.78. The van der Waals surface area contributed by atoms with E-state index in [1.165, 1.54) is 23.5 Å². The molecule has 114 valence electrons. The number of nitrogens with zero attached hydrogens (tertiary/aromatic N) is 2. The van der Waals surface area contributed by atoms with Gasteiger partial charge in [0.1, 0.15) is 17.0 Å². The summed E-state index contributed by atoms with van der Waals surface area (Å²) in [5, 5.41) is 5.90. The maximum absolute atomic E-state index is 13.0. The van der Waals surface area contributed by atoms with E-state index in [4.69, 9.17) is 0 Å².